The van der Waals surface area contributed by atoms with Crippen LogP contribution >= 0.6 is 0 Å². The summed E-state index contributed by atoms with van der Waals surface area (Å²) in [5.41, 5.74) is 2.32. The van der Waals surface area contributed by atoms with E-state index in [1.165, 1.54) is 17.7 Å². The van der Waals surface area contributed by atoms with Gasteiger partial charge < -0.3 is 5.32 Å². The van der Waals surface area contributed by atoms with E-state index in [4.69, 9.17) is 0 Å². The molecule has 1 aromatic carbocycles. The van der Waals surface area contributed by atoms with E-state index in [9.17, 15) is 4.39 Å². The lowest BCUT2D eigenvalue weighted by atomic mass is 10.1. The Morgan fingerprint density at radius 1 is 1.24 bits per heavy atom. The fourth-order valence-electron chi connectivity index (χ4n) is 2.13. The fourth-order valence-corrected chi connectivity index (χ4v) is 2.13. The van der Waals surface area contributed by atoms with E-state index in [0.717, 1.165) is 44.7 Å². The van der Waals surface area contributed by atoms with Crippen molar-refractivity contribution in [2.24, 2.45) is 0 Å². The van der Waals surface area contributed by atoms with Gasteiger partial charge in [-0.05, 0) is 24.1 Å². The summed E-state index contributed by atoms with van der Waals surface area (Å²) >= 11 is 0. The molecule has 0 bridgehead atoms. The van der Waals surface area contributed by atoms with Crippen molar-refractivity contribution >= 4 is 0 Å². The van der Waals surface area contributed by atoms with Crippen molar-refractivity contribution in [2.75, 3.05) is 32.7 Å². The maximum absolute atomic E-state index is 12.8. The SMILES string of the molecule is C=C(Cc1ccc(F)cc1)CN1CCNCC1. The van der Waals surface area contributed by atoms with Crippen molar-refractivity contribution in [3.63, 3.8) is 0 Å². The summed E-state index contributed by atoms with van der Waals surface area (Å²) in [6.07, 6.45) is 0.838. The molecule has 3 heteroatoms. The van der Waals surface area contributed by atoms with Crippen LogP contribution in [0.3, 0.4) is 0 Å². The number of rotatable bonds is 4. The third-order valence-electron chi connectivity index (χ3n) is 3.02. The lowest BCUT2D eigenvalue weighted by Crippen LogP contribution is -2.44. The molecule has 2 rings (SSSR count). The van der Waals surface area contributed by atoms with Gasteiger partial charge in [-0.15, -0.1) is 0 Å². The van der Waals surface area contributed by atoms with Gasteiger partial charge in [-0.3, -0.25) is 4.90 Å². The van der Waals surface area contributed by atoms with Gasteiger partial charge in [-0.25, -0.2) is 4.39 Å². The maximum atomic E-state index is 12.8. The highest BCUT2D eigenvalue weighted by Gasteiger charge is 2.10. The van der Waals surface area contributed by atoms with Gasteiger partial charge in [0.25, 0.3) is 0 Å². The second kappa shape index (κ2) is 5.94. The van der Waals surface area contributed by atoms with Crippen LogP contribution < -0.4 is 5.32 Å². The molecule has 17 heavy (non-hydrogen) atoms. The Balaban J connectivity index is 1.82. The van der Waals surface area contributed by atoms with E-state index in [-0.39, 0.29) is 5.82 Å². The van der Waals surface area contributed by atoms with Crippen LogP contribution in [0.1, 0.15) is 5.56 Å². The van der Waals surface area contributed by atoms with E-state index in [1.807, 2.05) is 12.1 Å². The third-order valence-corrected chi connectivity index (χ3v) is 3.02. The fraction of sp³-hybridized carbons (Fsp3) is 0.429. The Hall–Kier alpha value is -1.19. The van der Waals surface area contributed by atoms with E-state index in [1.54, 1.807) is 0 Å². The van der Waals surface area contributed by atoms with Gasteiger partial charge in [0.05, 0.1) is 0 Å². The zero-order chi connectivity index (χ0) is 12.1. The molecular formula is C14H19FN2. The highest BCUT2D eigenvalue weighted by molar-refractivity contribution is 5.21. The minimum Gasteiger partial charge on any atom is -0.314 e. The Kier molecular flexibility index (Phi) is 4.29. The van der Waals surface area contributed by atoms with Gasteiger partial charge >= 0.3 is 0 Å². The van der Waals surface area contributed by atoms with Gasteiger partial charge in [0.2, 0.25) is 0 Å². The molecule has 0 amide bonds. The summed E-state index contributed by atoms with van der Waals surface area (Å²) in [7, 11) is 0. The molecule has 0 aromatic heterocycles. The number of nitrogens with one attached hydrogen (secondary N) is 1. The number of hydrogen-bond acceptors (Lipinski definition) is 2. The quantitative estimate of drug-likeness (QED) is 0.800. The van der Waals surface area contributed by atoms with Crippen LogP contribution in [0.2, 0.25) is 0 Å². The second-order valence-corrected chi connectivity index (χ2v) is 4.58. The molecule has 2 nitrogen and oxygen atoms in total. The predicted octanol–water partition coefficient (Wildman–Crippen LogP) is 1.83. The van der Waals surface area contributed by atoms with Crippen LogP contribution in [0.15, 0.2) is 36.4 Å². The Bertz CT molecular complexity index is 366. The highest BCUT2D eigenvalue weighted by atomic mass is 19.1. The summed E-state index contributed by atoms with van der Waals surface area (Å²) in [5.74, 6) is -0.179. The van der Waals surface area contributed by atoms with Crippen LogP contribution in [0.25, 0.3) is 0 Å². The molecule has 0 saturated carbocycles. The first kappa shape index (κ1) is 12.3. The van der Waals surface area contributed by atoms with Crippen LogP contribution in [0, 0.1) is 5.82 Å². The summed E-state index contributed by atoms with van der Waals surface area (Å²) in [4.78, 5) is 2.41. The van der Waals surface area contributed by atoms with Crippen molar-refractivity contribution in [3.8, 4) is 0 Å². The second-order valence-electron chi connectivity index (χ2n) is 4.58. The third kappa shape index (κ3) is 3.95. The number of halogens is 1. The van der Waals surface area contributed by atoms with Crippen molar-refractivity contribution in [2.45, 2.75) is 6.42 Å². The molecule has 1 aromatic rings. The van der Waals surface area contributed by atoms with Crippen molar-refractivity contribution < 1.29 is 4.39 Å². The van der Waals surface area contributed by atoms with Gasteiger partial charge in [0.15, 0.2) is 0 Å². The normalized spacial score (nSPS) is 17.0. The van der Waals surface area contributed by atoms with Crippen LogP contribution in [0.4, 0.5) is 4.39 Å². The molecular weight excluding hydrogens is 215 g/mol. The van der Waals surface area contributed by atoms with E-state index in [0.29, 0.717) is 0 Å². The average Bonchev–Trinajstić information content (AvgIpc) is 2.33. The molecule has 92 valence electrons. The molecule has 1 N–H and O–H groups in total. The minimum absolute atomic E-state index is 0.179. The van der Waals surface area contributed by atoms with Gasteiger partial charge in [-0.1, -0.05) is 24.3 Å². The lowest BCUT2D eigenvalue weighted by Gasteiger charge is -2.27. The molecule has 0 unspecified atom stereocenters. The number of hydrogen-bond donors (Lipinski definition) is 1. The van der Waals surface area contributed by atoms with Crippen LogP contribution in [0.5, 0.6) is 0 Å². The molecule has 0 aliphatic carbocycles. The molecule has 1 fully saturated rings. The monoisotopic (exact) mass is 234 g/mol. The van der Waals surface area contributed by atoms with Crippen LogP contribution in [-0.2, 0) is 6.42 Å². The standard InChI is InChI=1S/C14H19FN2/c1-12(11-17-8-6-16-7-9-17)10-13-2-4-14(15)5-3-13/h2-5,16H,1,6-11H2. The first-order valence-corrected chi connectivity index (χ1v) is 6.08. The van der Waals surface area contributed by atoms with Crippen molar-refractivity contribution in [3.05, 3.63) is 47.8 Å². The number of nitrogens with zero attached hydrogens (tertiary/aromatic N) is 1. The van der Waals surface area contributed by atoms with Gasteiger partial charge in [0, 0.05) is 32.7 Å². The molecule has 1 aliphatic rings. The molecule has 0 radical (unpaired) electrons. The van der Waals surface area contributed by atoms with E-state index in [2.05, 4.69) is 16.8 Å². The van der Waals surface area contributed by atoms with Crippen molar-refractivity contribution in [1.82, 2.24) is 10.2 Å². The molecule has 1 heterocycles. The van der Waals surface area contributed by atoms with Gasteiger partial charge in [0.1, 0.15) is 5.82 Å². The molecule has 1 aliphatic heterocycles. The number of piperazine rings is 1. The first-order chi connectivity index (χ1) is 8.24. The largest absolute Gasteiger partial charge is 0.314 e. The summed E-state index contributed by atoms with van der Waals surface area (Å²) in [6, 6.07) is 6.68. The summed E-state index contributed by atoms with van der Waals surface area (Å²) in [5, 5.41) is 3.33. The minimum atomic E-state index is -0.179. The Morgan fingerprint density at radius 3 is 2.53 bits per heavy atom. The molecule has 1 saturated heterocycles. The van der Waals surface area contributed by atoms with Crippen LogP contribution in [-0.4, -0.2) is 37.6 Å². The topological polar surface area (TPSA) is 15.3 Å². The first-order valence-electron chi connectivity index (χ1n) is 6.08. The van der Waals surface area contributed by atoms with E-state index < -0.39 is 0 Å². The lowest BCUT2D eigenvalue weighted by molar-refractivity contribution is 0.258. The summed E-state index contributed by atoms with van der Waals surface area (Å²) < 4.78 is 12.8. The maximum Gasteiger partial charge on any atom is 0.123 e. The highest BCUT2D eigenvalue weighted by Crippen LogP contribution is 2.09. The van der Waals surface area contributed by atoms with Crippen molar-refractivity contribution in [1.29, 1.82) is 0 Å². The smallest absolute Gasteiger partial charge is 0.123 e. The molecule has 0 spiro atoms. The predicted molar refractivity (Wildman–Crippen MR) is 68.6 cm³/mol. The zero-order valence-electron chi connectivity index (χ0n) is 10.1. The Labute approximate surface area is 102 Å². The average molecular weight is 234 g/mol. The molecule has 0 atom stereocenters. The zero-order valence-corrected chi connectivity index (χ0v) is 10.1. The Morgan fingerprint density at radius 2 is 1.88 bits per heavy atom. The van der Waals surface area contributed by atoms with Gasteiger partial charge in [-0.2, -0.15) is 0 Å². The summed E-state index contributed by atoms with van der Waals surface area (Å²) in [6.45, 7) is 9.34. The number of benzene rings is 1. The van der Waals surface area contributed by atoms with E-state index >= 15 is 0 Å².